The summed E-state index contributed by atoms with van der Waals surface area (Å²) >= 11 is 0. The highest BCUT2D eigenvalue weighted by molar-refractivity contribution is 6.78. The molecule has 0 radical (unpaired) electrons. The molecule has 1 N–H and O–H groups in total. The Kier molecular flexibility index (Phi) is 3.34. The third-order valence-corrected chi connectivity index (χ3v) is 4.44. The highest BCUT2D eigenvalue weighted by atomic mass is 28.3. The first-order valence-corrected chi connectivity index (χ1v) is 7.16. The Bertz CT molecular complexity index is 204. The van der Waals surface area contributed by atoms with Gasteiger partial charge in [-0.1, -0.05) is 32.5 Å². The second-order valence-corrected chi connectivity index (χ2v) is 9.26. The van der Waals surface area contributed by atoms with Gasteiger partial charge in [-0.3, -0.25) is 0 Å². The molecule has 0 aromatic carbocycles. The third kappa shape index (κ3) is 4.63. The van der Waals surface area contributed by atoms with Crippen molar-refractivity contribution >= 4 is 14.0 Å². The molecule has 0 rings (SSSR count). The maximum absolute atomic E-state index is 10.1. The quantitative estimate of drug-likeness (QED) is 0.481. The minimum absolute atomic E-state index is 0.249. The van der Waals surface area contributed by atoms with Gasteiger partial charge in [-0.05, 0) is 0 Å². The molecular weight excluding hydrogens is 156 g/mol. The number of hydrogen-bond donors (Lipinski definition) is 1. The first-order chi connectivity index (χ1) is 4.84. The van der Waals surface area contributed by atoms with Gasteiger partial charge in [0.25, 0.3) is 0 Å². The van der Waals surface area contributed by atoms with Crippen LogP contribution in [0.1, 0.15) is 6.92 Å². The van der Waals surface area contributed by atoms with Crippen LogP contribution < -0.4 is 0 Å². The SMILES string of the molecule is CC(C#CC(=O)O)[Si](C)(C)C. The number of carboxylic acid groups (broad SMARTS) is 1. The van der Waals surface area contributed by atoms with Crippen LogP contribution in [0.4, 0.5) is 0 Å². The highest BCUT2D eigenvalue weighted by Crippen LogP contribution is 2.18. The van der Waals surface area contributed by atoms with E-state index in [1.54, 1.807) is 0 Å². The Morgan fingerprint density at radius 2 is 1.91 bits per heavy atom. The summed E-state index contributed by atoms with van der Waals surface area (Å²) in [5, 5.41) is 8.27. The summed E-state index contributed by atoms with van der Waals surface area (Å²) in [6.07, 6.45) is 0. The summed E-state index contributed by atoms with van der Waals surface area (Å²) in [5.41, 5.74) is 0.249. The van der Waals surface area contributed by atoms with Crippen LogP contribution in [0.15, 0.2) is 0 Å². The van der Waals surface area contributed by atoms with Gasteiger partial charge in [0.15, 0.2) is 0 Å². The third-order valence-electron chi connectivity index (χ3n) is 1.69. The van der Waals surface area contributed by atoms with Crippen molar-refractivity contribution in [3.63, 3.8) is 0 Å². The van der Waals surface area contributed by atoms with E-state index in [-0.39, 0.29) is 5.54 Å². The smallest absolute Gasteiger partial charge is 0.381 e. The lowest BCUT2D eigenvalue weighted by molar-refractivity contribution is -0.130. The number of hydrogen-bond acceptors (Lipinski definition) is 1. The van der Waals surface area contributed by atoms with Crippen molar-refractivity contribution < 1.29 is 9.90 Å². The van der Waals surface area contributed by atoms with E-state index in [1.807, 2.05) is 6.92 Å². The Balaban J connectivity index is 4.22. The molecule has 0 spiro atoms. The van der Waals surface area contributed by atoms with E-state index < -0.39 is 14.0 Å². The van der Waals surface area contributed by atoms with Crippen molar-refractivity contribution in [1.82, 2.24) is 0 Å². The maximum atomic E-state index is 10.1. The molecule has 1 unspecified atom stereocenters. The van der Waals surface area contributed by atoms with Gasteiger partial charge in [0, 0.05) is 11.5 Å². The topological polar surface area (TPSA) is 37.3 Å². The summed E-state index contributed by atoms with van der Waals surface area (Å²) in [7, 11) is -1.26. The van der Waals surface area contributed by atoms with Gasteiger partial charge in [-0.15, -0.1) is 0 Å². The van der Waals surface area contributed by atoms with Crippen LogP contribution in [0, 0.1) is 11.8 Å². The Morgan fingerprint density at radius 1 is 1.45 bits per heavy atom. The fraction of sp³-hybridized carbons (Fsp3) is 0.625. The molecule has 0 fully saturated rings. The van der Waals surface area contributed by atoms with Crippen LogP contribution >= 0.6 is 0 Å². The monoisotopic (exact) mass is 170 g/mol. The fourth-order valence-electron chi connectivity index (χ4n) is 0.386. The zero-order chi connectivity index (χ0) is 9.07. The zero-order valence-corrected chi connectivity index (χ0v) is 8.43. The Labute approximate surface area is 68.6 Å². The van der Waals surface area contributed by atoms with Crippen LogP contribution in [0.25, 0.3) is 0 Å². The van der Waals surface area contributed by atoms with Crippen molar-refractivity contribution in [2.45, 2.75) is 32.1 Å². The van der Waals surface area contributed by atoms with Crippen LogP contribution in [0.3, 0.4) is 0 Å². The van der Waals surface area contributed by atoms with E-state index in [2.05, 4.69) is 31.5 Å². The lowest BCUT2D eigenvalue weighted by atomic mass is 10.4. The van der Waals surface area contributed by atoms with Crippen LogP contribution in [0.5, 0.6) is 0 Å². The van der Waals surface area contributed by atoms with Crippen molar-refractivity contribution in [1.29, 1.82) is 0 Å². The Morgan fingerprint density at radius 3 is 2.18 bits per heavy atom. The van der Waals surface area contributed by atoms with Crippen molar-refractivity contribution in [3.05, 3.63) is 0 Å². The minimum atomic E-state index is -1.26. The molecule has 0 saturated heterocycles. The summed E-state index contributed by atoms with van der Waals surface area (Å²) in [5.74, 6) is 3.86. The van der Waals surface area contributed by atoms with Crippen molar-refractivity contribution in [2.24, 2.45) is 0 Å². The molecule has 1 atom stereocenters. The van der Waals surface area contributed by atoms with Crippen LogP contribution in [-0.2, 0) is 4.79 Å². The van der Waals surface area contributed by atoms with Gasteiger partial charge in [-0.25, -0.2) is 4.79 Å². The van der Waals surface area contributed by atoms with Gasteiger partial charge < -0.3 is 5.11 Å². The summed E-state index contributed by atoms with van der Waals surface area (Å²) in [6, 6.07) is 0. The highest BCUT2D eigenvalue weighted by Gasteiger charge is 2.20. The number of carbonyl (C=O) groups is 1. The van der Waals surface area contributed by atoms with E-state index in [4.69, 9.17) is 5.11 Å². The molecule has 0 heterocycles. The predicted molar refractivity (Wildman–Crippen MR) is 48.2 cm³/mol. The Hall–Kier alpha value is -0.753. The fourth-order valence-corrected chi connectivity index (χ4v) is 0.892. The summed E-state index contributed by atoms with van der Waals surface area (Å²) in [4.78, 5) is 10.1. The van der Waals surface area contributed by atoms with E-state index in [1.165, 1.54) is 0 Å². The van der Waals surface area contributed by atoms with Crippen molar-refractivity contribution in [3.8, 4) is 11.8 Å². The molecule has 62 valence electrons. The number of carboxylic acids is 1. The largest absolute Gasteiger partial charge is 0.472 e. The normalized spacial score (nSPS) is 13.1. The molecule has 0 aliphatic rings. The van der Waals surface area contributed by atoms with Gasteiger partial charge in [0.1, 0.15) is 0 Å². The van der Waals surface area contributed by atoms with Crippen molar-refractivity contribution in [2.75, 3.05) is 0 Å². The lowest BCUT2D eigenvalue weighted by Gasteiger charge is -2.19. The molecule has 0 amide bonds. The molecule has 0 bridgehead atoms. The zero-order valence-electron chi connectivity index (χ0n) is 7.43. The molecular formula is C8H14O2Si. The predicted octanol–water partition coefficient (Wildman–Crippen LogP) is 1.80. The summed E-state index contributed by atoms with van der Waals surface area (Å²) < 4.78 is 0. The molecule has 0 aromatic rings. The summed E-state index contributed by atoms with van der Waals surface area (Å²) in [6.45, 7) is 8.51. The van der Waals surface area contributed by atoms with Gasteiger partial charge in [-0.2, -0.15) is 0 Å². The second kappa shape index (κ2) is 3.58. The number of rotatable bonds is 1. The second-order valence-electron chi connectivity index (χ2n) is 3.66. The molecule has 0 aliphatic heterocycles. The molecule has 0 saturated carbocycles. The molecule has 0 aromatic heterocycles. The van der Waals surface area contributed by atoms with Crippen LogP contribution in [-0.4, -0.2) is 19.1 Å². The van der Waals surface area contributed by atoms with E-state index in [0.29, 0.717) is 0 Å². The molecule has 3 heteroatoms. The lowest BCUT2D eigenvalue weighted by Crippen LogP contribution is -2.25. The average molecular weight is 170 g/mol. The average Bonchev–Trinajstić information content (AvgIpc) is 1.80. The minimum Gasteiger partial charge on any atom is -0.472 e. The first-order valence-electron chi connectivity index (χ1n) is 3.58. The van der Waals surface area contributed by atoms with E-state index in [0.717, 1.165) is 0 Å². The van der Waals surface area contributed by atoms with Gasteiger partial charge in [0.2, 0.25) is 0 Å². The molecule has 0 aliphatic carbocycles. The van der Waals surface area contributed by atoms with Crippen LogP contribution in [0.2, 0.25) is 25.2 Å². The first kappa shape index (κ1) is 10.2. The van der Waals surface area contributed by atoms with Gasteiger partial charge in [0.05, 0.1) is 8.07 Å². The maximum Gasteiger partial charge on any atom is 0.381 e. The molecule has 11 heavy (non-hydrogen) atoms. The standard InChI is InChI=1S/C8H14O2Si/c1-7(11(2,3)4)5-6-8(9)10/h7H,1-4H3,(H,9,10). The molecule has 2 nitrogen and oxygen atoms in total. The number of aliphatic carboxylic acids is 1. The van der Waals surface area contributed by atoms with E-state index >= 15 is 0 Å². The van der Waals surface area contributed by atoms with E-state index in [9.17, 15) is 4.79 Å². The van der Waals surface area contributed by atoms with Gasteiger partial charge >= 0.3 is 5.97 Å².